The van der Waals surface area contributed by atoms with Gasteiger partial charge in [-0.05, 0) is 60.7 Å². The van der Waals surface area contributed by atoms with Crippen LogP contribution in [0.5, 0.6) is 0 Å². The molecule has 2 atom stereocenters. The highest BCUT2D eigenvalue weighted by Crippen LogP contribution is 2.21. The lowest BCUT2D eigenvalue weighted by Gasteiger charge is -2.23. The van der Waals surface area contributed by atoms with E-state index < -0.39 is 36.0 Å². The Labute approximate surface area is 228 Å². The number of nitrogens with one attached hydrogen (secondary N) is 1. The molecule has 0 radical (unpaired) electrons. The van der Waals surface area contributed by atoms with Crippen molar-refractivity contribution in [2.24, 2.45) is 10.2 Å². The Morgan fingerprint density at radius 2 is 1.00 bits per heavy atom. The zero-order valence-electron chi connectivity index (χ0n) is 20.9. The highest BCUT2D eigenvalue weighted by atomic mass is 16.6. The van der Waals surface area contributed by atoms with Crippen LogP contribution in [0.25, 0.3) is 0 Å². The summed E-state index contributed by atoms with van der Waals surface area (Å²) in [6, 6.07) is 30.6. The number of anilines is 1. The predicted molar refractivity (Wildman–Crippen MR) is 145 cm³/mol. The van der Waals surface area contributed by atoms with E-state index in [1.165, 1.54) is 36.4 Å². The van der Waals surface area contributed by atoms with Crippen molar-refractivity contribution in [2.75, 3.05) is 5.32 Å². The number of ether oxygens (including phenoxy) is 2. The van der Waals surface area contributed by atoms with E-state index in [-0.39, 0.29) is 16.8 Å². The maximum absolute atomic E-state index is 13.3. The normalized spacial score (nSPS) is 12.2. The molecule has 0 saturated heterocycles. The van der Waals surface area contributed by atoms with Crippen molar-refractivity contribution in [1.82, 2.24) is 0 Å². The van der Waals surface area contributed by atoms with Crippen molar-refractivity contribution in [3.05, 3.63) is 126 Å². The van der Waals surface area contributed by atoms with Gasteiger partial charge >= 0.3 is 17.9 Å². The lowest BCUT2D eigenvalue weighted by molar-refractivity contribution is -0.157. The van der Waals surface area contributed by atoms with Crippen LogP contribution in [0.3, 0.4) is 0 Å². The Morgan fingerprint density at radius 1 is 0.575 bits per heavy atom. The van der Waals surface area contributed by atoms with Gasteiger partial charge in [0.2, 0.25) is 12.2 Å². The molecule has 0 spiro atoms. The predicted octanol–water partition coefficient (Wildman–Crippen LogP) is 5.58. The third kappa shape index (κ3) is 7.45. The quantitative estimate of drug-likeness (QED) is 0.199. The zero-order chi connectivity index (χ0) is 28.3. The molecule has 0 saturated carbocycles. The molecule has 0 fully saturated rings. The molecule has 2 N–H and O–H groups in total. The second-order valence-corrected chi connectivity index (χ2v) is 8.29. The van der Waals surface area contributed by atoms with Gasteiger partial charge in [-0.25, -0.2) is 14.4 Å². The van der Waals surface area contributed by atoms with Gasteiger partial charge in [0, 0.05) is 5.69 Å². The van der Waals surface area contributed by atoms with Crippen LogP contribution in [0.1, 0.15) is 20.7 Å². The van der Waals surface area contributed by atoms with Crippen molar-refractivity contribution in [1.29, 1.82) is 0 Å². The molecule has 10 nitrogen and oxygen atoms in total. The molecule has 4 aromatic rings. The third-order valence-corrected chi connectivity index (χ3v) is 5.44. The van der Waals surface area contributed by atoms with Crippen LogP contribution in [0.4, 0.5) is 17.1 Å². The summed E-state index contributed by atoms with van der Waals surface area (Å²) in [4.78, 5) is 50.8. The van der Waals surface area contributed by atoms with Gasteiger partial charge in [0.25, 0.3) is 5.91 Å². The number of nitrogens with zero attached hydrogens (tertiary/aromatic N) is 2. The molecule has 4 aromatic carbocycles. The van der Waals surface area contributed by atoms with E-state index in [4.69, 9.17) is 9.47 Å². The maximum atomic E-state index is 13.3. The monoisotopic (exact) mass is 537 g/mol. The Kier molecular flexibility index (Phi) is 9.07. The highest BCUT2D eigenvalue weighted by molar-refractivity contribution is 6.01. The molecular formula is C30H23N3O7. The van der Waals surface area contributed by atoms with Crippen LogP contribution in [-0.2, 0) is 19.1 Å². The van der Waals surface area contributed by atoms with Crippen molar-refractivity contribution in [3.63, 3.8) is 0 Å². The molecule has 1 amide bonds. The fourth-order valence-corrected chi connectivity index (χ4v) is 3.44. The number of carboxylic acid groups (broad SMARTS) is 1. The molecule has 10 heteroatoms. The van der Waals surface area contributed by atoms with E-state index in [1.54, 1.807) is 60.7 Å². The number of carbonyl (C=O) groups is 4. The Morgan fingerprint density at radius 3 is 1.48 bits per heavy atom. The molecule has 0 aromatic heterocycles. The number of benzene rings is 4. The van der Waals surface area contributed by atoms with E-state index >= 15 is 0 Å². The van der Waals surface area contributed by atoms with Gasteiger partial charge in [-0.3, -0.25) is 4.79 Å². The average molecular weight is 538 g/mol. The van der Waals surface area contributed by atoms with Gasteiger partial charge < -0.3 is 19.9 Å². The van der Waals surface area contributed by atoms with Gasteiger partial charge in [-0.1, -0.05) is 54.6 Å². The van der Waals surface area contributed by atoms with Crippen LogP contribution in [-0.4, -0.2) is 41.1 Å². The minimum atomic E-state index is -2.14. The highest BCUT2D eigenvalue weighted by Gasteiger charge is 2.41. The number of aliphatic carboxylic acids is 1. The van der Waals surface area contributed by atoms with Crippen LogP contribution in [0.15, 0.2) is 125 Å². The summed E-state index contributed by atoms with van der Waals surface area (Å²) in [5, 5.41) is 20.6. The van der Waals surface area contributed by atoms with Gasteiger partial charge in [0.15, 0.2) is 0 Å². The largest absolute Gasteiger partial charge is 0.478 e. The number of carbonyl (C=O) groups excluding carboxylic acids is 3. The summed E-state index contributed by atoms with van der Waals surface area (Å²) in [5.74, 6) is -4.67. The first-order valence-electron chi connectivity index (χ1n) is 12.0. The van der Waals surface area contributed by atoms with Gasteiger partial charge in [0.1, 0.15) is 0 Å². The van der Waals surface area contributed by atoms with Crippen LogP contribution in [0.2, 0.25) is 0 Å². The first-order chi connectivity index (χ1) is 19.4. The summed E-state index contributed by atoms with van der Waals surface area (Å²) in [7, 11) is 0. The van der Waals surface area contributed by atoms with E-state index in [9.17, 15) is 24.3 Å². The summed E-state index contributed by atoms with van der Waals surface area (Å²) in [5.41, 5.74) is 1.54. The molecule has 0 aliphatic rings. The van der Waals surface area contributed by atoms with E-state index in [2.05, 4.69) is 15.5 Å². The molecule has 4 rings (SSSR count). The number of hydrogen-bond donors (Lipinski definition) is 2. The van der Waals surface area contributed by atoms with Crippen LogP contribution < -0.4 is 5.32 Å². The first-order valence-corrected chi connectivity index (χ1v) is 12.0. The summed E-state index contributed by atoms with van der Waals surface area (Å²) in [6.45, 7) is 0. The zero-order valence-corrected chi connectivity index (χ0v) is 20.9. The van der Waals surface area contributed by atoms with Crippen LogP contribution >= 0.6 is 0 Å². The smallest absolute Gasteiger partial charge is 0.349 e. The van der Waals surface area contributed by atoms with E-state index in [1.807, 2.05) is 18.2 Å². The number of esters is 2. The van der Waals surface area contributed by atoms with Crippen molar-refractivity contribution < 1.29 is 33.8 Å². The first kappa shape index (κ1) is 27.4. The fourth-order valence-electron chi connectivity index (χ4n) is 3.44. The number of rotatable bonds is 10. The molecule has 0 bridgehead atoms. The second-order valence-electron chi connectivity index (χ2n) is 8.29. The van der Waals surface area contributed by atoms with Gasteiger partial charge in [-0.2, -0.15) is 10.2 Å². The summed E-state index contributed by atoms with van der Waals surface area (Å²) < 4.78 is 10.4. The van der Waals surface area contributed by atoms with Crippen LogP contribution in [0, 0.1) is 0 Å². The molecule has 0 aliphatic heterocycles. The van der Waals surface area contributed by atoms with Crippen molar-refractivity contribution in [3.8, 4) is 0 Å². The second kappa shape index (κ2) is 13.2. The van der Waals surface area contributed by atoms with Crippen molar-refractivity contribution >= 4 is 40.9 Å². The molecule has 200 valence electrons. The SMILES string of the molecule is O=C(O[C@H](C(=O)O)[C@@H](OC(=O)c1ccccc1)C(=O)Nc1ccc(N=Nc2ccccc2)cc1)c1ccccc1. The Balaban J connectivity index is 1.54. The molecule has 0 heterocycles. The number of amides is 1. The molecule has 0 unspecified atom stereocenters. The maximum Gasteiger partial charge on any atom is 0.349 e. The Hall–Kier alpha value is -5.64. The standard InChI is InChI=1S/C30H23N3O7/c34-27(31-22-16-18-24(19-17-22)33-32-23-14-8-3-9-15-23)25(39-29(37)20-10-4-1-5-11-20)26(28(35)36)40-30(38)21-12-6-2-7-13-21/h1-19,25-26H,(H,31,34)(H,35,36)/t25-,26+/m1/s1. The average Bonchev–Trinajstić information content (AvgIpc) is 2.99. The number of carboxylic acids is 1. The number of hydrogen-bond acceptors (Lipinski definition) is 8. The lowest BCUT2D eigenvalue weighted by Crippen LogP contribution is -2.48. The summed E-state index contributed by atoms with van der Waals surface area (Å²) >= 11 is 0. The summed E-state index contributed by atoms with van der Waals surface area (Å²) in [6.07, 6.45) is -4.16. The van der Waals surface area contributed by atoms with Gasteiger partial charge in [0.05, 0.1) is 22.5 Å². The minimum absolute atomic E-state index is 0.0579. The Bertz CT molecular complexity index is 1490. The molecule has 40 heavy (non-hydrogen) atoms. The van der Waals surface area contributed by atoms with E-state index in [0.717, 1.165) is 0 Å². The lowest BCUT2D eigenvalue weighted by atomic mass is 10.1. The van der Waals surface area contributed by atoms with E-state index in [0.29, 0.717) is 11.4 Å². The molecular weight excluding hydrogens is 514 g/mol. The number of azo groups is 1. The topological polar surface area (TPSA) is 144 Å². The minimum Gasteiger partial charge on any atom is -0.478 e. The van der Waals surface area contributed by atoms with Gasteiger partial charge in [-0.15, -0.1) is 0 Å². The third-order valence-electron chi connectivity index (χ3n) is 5.44. The fraction of sp³-hybridized carbons (Fsp3) is 0.0667. The molecule has 0 aliphatic carbocycles. The van der Waals surface area contributed by atoms with Crippen molar-refractivity contribution in [2.45, 2.75) is 12.2 Å².